The Morgan fingerprint density at radius 1 is 0.969 bits per heavy atom. The summed E-state index contributed by atoms with van der Waals surface area (Å²) in [5, 5.41) is 4.32. The molecule has 0 saturated carbocycles. The predicted octanol–water partition coefficient (Wildman–Crippen LogP) is 3.60. The first kappa shape index (κ1) is 20.3. The van der Waals surface area contributed by atoms with E-state index >= 15 is 0 Å². The van der Waals surface area contributed by atoms with Crippen LogP contribution in [0.2, 0.25) is 0 Å². The van der Waals surface area contributed by atoms with Crippen LogP contribution >= 0.6 is 0 Å². The molecule has 0 N–H and O–H groups in total. The number of ether oxygens (including phenoxy) is 1. The molecule has 2 aromatic carbocycles. The van der Waals surface area contributed by atoms with Crippen LogP contribution in [0.4, 0.5) is 5.69 Å². The number of carbonyl (C=O) groups is 2. The minimum absolute atomic E-state index is 0.0403. The van der Waals surface area contributed by atoms with Crippen molar-refractivity contribution in [1.29, 1.82) is 0 Å². The Hall–Kier alpha value is -3.61. The third-order valence-electron chi connectivity index (χ3n) is 6.15. The lowest BCUT2D eigenvalue weighted by molar-refractivity contribution is -0.139. The Kier molecular flexibility index (Phi) is 5.39. The van der Waals surface area contributed by atoms with Crippen molar-refractivity contribution in [1.82, 2.24) is 14.7 Å². The molecule has 7 heteroatoms. The number of amides is 2. The van der Waals surface area contributed by atoms with Crippen LogP contribution in [0, 0.1) is 6.92 Å². The molecular formula is C25H26N4O3. The highest BCUT2D eigenvalue weighted by Crippen LogP contribution is 2.34. The van der Waals surface area contributed by atoms with Gasteiger partial charge >= 0.3 is 0 Å². The van der Waals surface area contributed by atoms with Gasteiger partial charge in [0.15, 0.2) is 6.10 Å². The number of nitrogens with zero attached hydrogens (tertiary/aromatic N) is 4. The molecule has 2 aliphatic heterocycles. The average Bonchev–Trinajstić information content (AvgIpc) is 3.29. The molecule has 0 unspecified atom stereocenters. The minimum atomic E-state index is -0.696. The van der Waals surface area contributed by atoms with Gasteiger partial charge in [0.1, 0.15) is 5.75 Å². The summed E-state index contributed by atoms with van der Waals surface area (Å²) in [6.07, 6.45) is 4.23. The summed E-state index contributed by atoms with van der Waals surface area (Å²) in [5.41, 5.74) is 3.15. The predicted molar refractivity (Wildman–Crippen MR) is 121 cm³/mol. The van der Waals surface area contributed by atoms with Gasteiger partial charge in [-0.3, -0.25) is 9.59 Å². The van der Waals surface area contributed by atoms with Gasteiger partial charge in [-0.25, -0.2) is 4.68 Å². The number of rotatable bonds is 3. The van der Waals surface area contributed by atoms with Crippen molar-refractivity contribution in [3.8, 4) is 11.4 Å². The Labute approximate surface area is 187 Å². The Morgan fingerprint density at radius 2 is 1.72 bits per heavy atom. The second kappa shape index (κ2) is 8.49. The molecule has 1 fully saturated rings. The van der Waals surface area contributed by atoms with Crippen LogP contribution in [0.1, 0.15) is 35.3 Å². The second-order valence-electron chi connectivity index (χ2n) is 8.31. The molecule has 3 aromatic rings. The van der Waals surface area contributed by atoms with Gasteiger partial charge in [0.2, 0.25) is 0 Å². The molecule has 0 radical (unpaired) electrons. The van der Waals surface area contributed by atoms with Crippen LogP contribution in [-0.2, 0) is 4.79 Å². The van der Waals surface area contributed by atoms with Crippen LogP contribution < -0.4 is 9.64 Å². The topological polar surface area (TPSA) is 67.7 Å². The summed E-state index contributed by atoms with van der Waals surface area (Å²) >= 11 is 0. The van der Waals surface area contributed by atoms with Crippen molar-refractivity contribution in [2.75, 3.05) is 24.5 Å². The first-order valence-corrected chi connectivity index (χ1v) is 11.1. The van der Waals surface area contributed by atoms with E-state index in [0.29, 0.717) is 17.0 Å². The number of hydrogen-bond acceptors (Lipinski definition) is 4. The minimum Gasteiger partial charge on any atom is -0.476 e. The van der Waals surface area contributed by atoms with Crippen LogP contribution in [0.5, 0.6) is 5.75 Å². The summed E-state index contributed by atoms with van der Waals surface area (Å²) in [5.74, 6) is 0.369. The van der Waals surface area contributed by atoms with Crippen molar-refractivity contribution in [3.05, 3.63) is 72.1 Å². The largest absolute Gasteiger partial charge is 0.476 e. The number of fused-ring (bicyclic) bond motifs is 1. The van der Waals surface area contributed by atoms with Gasteiger partial charge in [-0.05, 0) is 68.7 Å². The molecule has 164 valence electrons. The fourth-order valence-electron chi connectivity index (χ4n) is 4.41. The lowest BCUT2D eigenvalue weighted by Crippen LogP contribution is -2.52. The smallest absolute Gasteiger partial charge is 0.265 e. The van der Waals surface area contributed by atoms with Crippen molar-refractivity contribution in [2.24, 2.45) is 0 Å². The standard InChI is InChI=1S/C25H26N4O3/c1-18-13-14-26-29(18)20-11-9-19(10-12-20)24(30)28-17-23(25(31)27-15-5-2-6-16-27)32-22-8-4-3-7-21(22)28/h3-4,7-14,23H,2,5-6,15-17H2,1H3/t23-/m0/s1. The summed E-state index contributed by atoms with van der Waals surface area (Å²) in [4.78, 5) is 30.2. The Bertz CT molecular complexity index is 1130. The summed E-state index contributed by atoms with van der Waals surface area (Å²) in [7, 11) is 0. The molecule has 0 aliphatic carbocycles. The molecule has 2 amide bonds. The van der Waals surface area contributed by atoms with Gasteiger partial charge in [0.05, 0.1) is 17.9 Å². The SMILES string of the molecule is Cc1ccnn1-c1ccc(C(=O)N2C[C@@H](C(=O)N3CCCCC3)Oc3ccccc32)cc1. The lowest BCUT2D eigenvalue weighted by Gasteiger charge is -2.37. The monoisotopic (exact) mass is 430 g/mol. The zero-order valence-corrected chi connectivity index (χ0v) is 18.1. The lowest BCUT2D eigenvalue weighted by atomic mass is 10.1. The number of aryl methyl sites for hydroxylation is 1. The maximum Gasteiger partial charge on any atom is 0.265 e. The molecule has 0 bridgehead atoms. The molecule has 1 aromatic heterocycles. The van der Waals surface area contributed by atoms with Crippen LogP contribution in [0.25, 0.3) is 5.69 Å². The van der Waals surface area contributed by atoms with Crippen molar-refractivity contribution in [2.45, 2.75) is 32.3 Å². The van der Waals surface area contributed by atoms with Gasteiger partial charge in [0, 0.05) is 30.5 Å². The number of hydrogen-bond donors (Lipinski definition) is 0. The first-order valence-electron chi connectivity index (χ1n) is 11.1. The summed E-state index contributed by atoms with van der Waals surface area (Å²) in [6, 6.07) is 16.7. The zero-order valence-electron chi connectivity index (χ0n) is 18.1. The van der Waals surface area contributed by atoms with E-state index in [1.54, 1.807) is 23.2 Å². The van der Waals surface area contributed by atoms with Gasteiger partial charge in [-0.1, -0.05) is 12.1 Å². The number of anilines is 1. The quantitative estimate of drug-likeness (QED) is 0.637. The number of likely N-dealkylation sites (tertiary alicyclic amines) is 1. The van der Waals surface area contributed by atoms with Gasteiger partial charge < -0.3 is 14.5 Å². The molecule has 7 nitrogen and oxygen atoms in total. The normalized spacial score (nSPS) is 18.1. The maximum absolute atomic E-state index is 13.5. The summed E-state index contributed by atoms with van der Waals surface area (Å²) < 4.78 is 7.87. The fraction of sp³-hybridized carbons (Fsp3) is 0.320. The number of piperidine rings is 1. The highest BCUT2D eigenvalue weighted by Gasteiger charge is 2.36. The molecule has 0 spiro atoms. The highest BCUT2D eigenvalue weighted by molar-refractivity contribution is 6.08. The van der Waals surface area contributed by atoms with E-state index in [2.05, 4.69) is 5.10 Å². The van der Waals surface area contributed by atoms with Crippen LogP contribution in [-0.4, -0.2) is 52.2 Å². The van der Waals surface area contributed by atoms with Gasteiger partial charge in [-0.15, -0.1) is 0 Å². The van der Waals surface area contributed by atoms with Crippen molar-refractivity contribution >= 4 is 17.5 Å². The summed E-state index contributed by atoms with van der Waals surface area (Å²) in [6.45, 7) is 3.69. The molecule has 1 atom stereocenters. The van der Waals surface area contributed by atoms with Crippen molar-refractivity contribution in [3.63, 3.8) is 0 Å². The molecule has 3 heterocycles. The van der Waals surface area contributed by atoms with E-state index in [4.69, 9.17) is 4.74 Å². The molecule has 5 rings (SSSR count). The third-order valence-corrected chi connectivity index (χ3v) is 6.15. The maximum atomic E-state index is 13.5. The number of aromatic nitrogens is 2. The van der Waals surface area contributed by atoms with E-state index in [1.165, 1.54) is 0 Å². The zero-order chi connectivity index (χ0) is 22.1. The molecular weight excluding hydrogens is 404 g/mol. The number of para-hydroxylation sites is 2. The van der Waals surface area contributed by atoms with E-state index in [-0.39, 0.29) is 18.4 Å². The van der Waals surface area contributed by atoms with E-state index in [9.17, 15) is 9.59 Å². The van der Waals surface area contributed by atoms with E-state index < -0.39 is 6.10 Å². The fourth-order valence-corrected chi connectivity index (χ4v) is 4.41. The first-order chi connectivity index (χ1) is 15.6. The van der Waals surface area contributed by atoms with Crippen LogP contribution in [0.15, 0.2) is 60.8 Å². The Balaban J connectivity index is 1.41. The van der Waals surface area contributed by atoms with E-state index in [0.717, 1.165) is 43.7 Å². The third kappa shape index (κ3) is 3.75. The molecule has 2 aliphatic rings. The molecule has 32 heavy (non-hydrogen) atoms. The van der Waals surface area contributed by atoms with Gasteiger partial charge in [0.25, 0.3) is 11.8 Å². The van der Waals surface area contributed by atoms with Crippen molar-refractivity contribution < 1.29 is 14.3 Å². The molecule has 1 saturated heterocycles. The van der Waals surface area contributed by atoms with E-state index in [1.807, 2.05) is 59.0 Å². The number of benzene rings is 2. The number of carbonyl (C=O) groups excluding carboxylic acids is 2. The average molecular weight is 431 g/mol. The highest BCUT2D eigenvalue weighted by atomic mass is 16.5. The Morgan fingerprint density at radius 3 is 2.44 bits per heavy atom. The van der Waals surface area contributed by atoms with Crippen LogP contribution in [0.3, 0.4) is 0 Å². The second-order valence-corrected chi connectivity index (χ2v) is 8.31. The van der Waals surface area contributed by atoms with Gasteiger partial charge in [-0.2, -0.15) is 5.10 Å².